The summed E-state index contributed by atoms with van der Waals surface area (Å²) >= 11 is 0.954. The molecule has 8 nitrogen and oxygen atoms in total. The number of hydrogen-bond acceptors (Lipinski definition) is 7. The summed E-state index contributed by atoms with van der Waals surface area (Å²) in [4.78, 5) is 20.7. The van der Waals surface area contributed by atoms with Crippen LogP contribution in [0.3, 0.4) is 0 Å². The quantitative estimate of drug-likeness (QED) is 0.668. The van der Waals surface area contributed by atoms with Crippen molar-refractivity contribution in [1.29, 1.82) is 0 Å². The zero-order valence-corrected chi connectivity index (χ0v) is 11.6. The van der Waals surface area contributed by atoms with E-state index in [4.69, 9.17) is 4.74 Å². The van der Waals surface area contributed by atoms with Crippen LogP contribution in [0.25, 0.3) is 0 Å². The van der Waals surface area contributed by atoms with Crippen molar-refractivity contribution in [3.8, 4) is 10.8 Å². The second-order valence-corrected chi connectivity index (χ2v) is 5.15. The Morgan fingerprint density at radius 1 is 1.19 bits per heavy atom. The minimum Gasteiger partial charge on any atom is -0.440 e. The fourth-order valence-corrected chi connectivity index (χ4v) is 2.46. The van der Waals surface area contributed by atoms with Crippen molar-refractivity contribution in [2.45, 2.75) is 13.0 Å². The molecule has 1 aromatic carbocycles. The number of thiophene rings is 1. The van der Waals surface area contributed by atoms with Crippen LogP contribution in [0.15, 0.2) is 30.3 Å². The summed E-state index contributed by atoms with van der Waals surface area (Å²) in [6.45, 7) is 1.49. The zero-order valence-electron chi connectivity index (χ0n) is 10.8. The number of nitro groups is 2. The van der Waals surface area contributed by atoms with Crippen LogP contribution in [-0.4, -0.2) is 15.0 Å². The van der Waals surface area contributed by atoms with E-state index in [9.17, 15) is 25.3 Å². The lowest BCUT2D eigenvalue weighted by Gasteiger charge is -2.02. The van der Waals surface area contributed by atoms with E-state index in [0.717, 1.165) is 11.3 Å². The van der Waals surface area contributed by atoms with Crippen molar-refractivity contribution in [2.75, 3.05) is 0 Å². The van der Waals surface area contributed by atoms with E-state index in [1.807, 2.05) is 0 Å². The molecule has 9 heteroatoms. The third kappa shape index (κ3) is 3.33. The molecule has 0 aliphatic carbocycles. The summed E-state index contributed by atoms with van der Waals surface area (Å²) in [6, 6.07) is 6.43. The van der Waals surface area contributed by atoms with Gasteiger partial charge in [-0.05, 0) is 19.1 Å². The lowest BCUT2D eigenvalue weighted by Crippen LogP contribution is -1.90. The average Bonchev–Trinajstić information content (AvgIpc) is 2.83. The van der Waals surface area contributed by atoms with Gasteiger partial charge in [0.2, 0.25) is 0 Å². The van der Waals surface area contributed by atoms with Crippen LogP contribution in [0.1, 0.15) is 17.9 Å². The van der Waals surface area contributed by atoms with Crippen molar-refractivity contribution >= 4 is 22.7 Å². The number of benzene rings is 1. The van der Waals surface area contributed by atoms with E-state index >= 15 is 0 Å². The van der Waals surface area contributed by atoms with Crippen molar-refractivity contribution in [3.63, 3.8) is 0 Å². The van der Waals surface area contributed by atoms with Crippen LogP contribution >= 0.6 is 11.3 Å². The van der Waals surface area contributed by atoms with E-state index in [1.54, 1.807) is 0 Å². The van der Waals surface area contributed by atoms with Gasteiger partial charge in [-0.3, -0.25) is 20.2 Å². The summed E-state index contributed by atoms with van der Waals surface area (Å²) in [6.07, 6.45) is -0.845. The molecule has 1 heterocycles. The minimum absolute atomic E-state index is 0.0183. The SMILES string of the molecule is C[C@H](O)c1cc([N+](=O)[O-])c(Oc2ccc([N+](=O)[O-])cc2)s1. The van der Waals surface area contributed by atoms with Crippen LogP contribution in [0.2, 0.25) is 0 Å². The number of aliphatic hydroxyl groups is 1. The smallest absolute Gasteiger partial charge is 0.323 e. The third-order valence-corrected chi connectivity index (χ3v) is 3.74. The summed E-state index contributed by atoms with van der Waals surface area (Å²) < 4.78 is 5.38. The summed E-state index contributed by atoms with van der Waals surface area (Å²) in [5.74, 6) is 0.239. The monoisotopic (exact) mass is 310 g/mol. The molecule has 1 aromatic heterocycles. The van der Waals surface area contributed by atoms with Gasteiger partial charge in [0.05, 0.1) is 16.0 Å². The molecule has 0 saturated carbocycles. The second-order valence-electron chi connectivity index (χ2n) is 4.11. The number of rotatable bonds is 5. The number of hydrogen-bond donors (Lipinski definition) is 1. The van der Waals surface area contributed by atoms with Crippen LogP contribution in [0, 0.1) is 20.2 Å². The molecule has 0 aliphatic heterocycles. The van der Waals surface area contributed by atoms with E-state index < -0.39 is 16.0 Å². The van der Waals surface area contributed by atoms with Crippen LogP contribution in [0.4, 0.5) is 11.4 Å². The molecule has 0 amide bonds. The van der Waals surface area contributed by atoms with E-state index in [0.29, 0.717) is 4.88 Å². The fourth-order valence-electron chi connectivity index (χ4n) is 1.53. The van der Waals surface area contributed by atoms with E-state index in [2.05, 4.69) is 0 Å². The molecule has 2 rings (SSSR count). The summed E-state index contributed by atoms with van der Waals surface area (Å²) in [5, 5.41) is 31.0. The van der Waals surface area contributed by atoms with Gasteiger partial charge in [-0.2, -0.15) is 0 Å². The first-order valence-electron chi connectivity index (χ1n) is 5.77. The van der Waals surface area contributed by atoms with Crippen LogP contribution < -0.4 is 4.74 Å². The van der Waals surface area contributed by atoms with Crippen LogP contribution in [0.5, 0.6) is 10.8 Å². The predicted molar refractivity (Wildman–Crippen MR) is 74.8 cm³/mol. The van der Waals surface area contributed by atoms with Crippen LogP contribution in [-0.2, 0) is 0 Å². The number of nitro benzene ring substituents is 1. The van der Waals surface area contributed by atoms with Crippen molar-refractivity contribution in [3.05, 3.63) is 55.4 Å². The molecule has 0 bridgehead atoms. The maximum absolute atomic E-state index is 11.0. The molecule has 0 radical (unpaired) electrons. The Morgan fingerprint density at radius 3 is 2.29 bits per heavy atom. The fraction of sp³-hybridized carbons (Fsp3) is 0.167. The molecule has 0 unspecified atom stereocenters. The molecule has 21 heavy (non-hydrogen) atoms. The van der Waals surface area contributed by atoms with Gasteiger partial charge in [0.1, 0.15) is 5.75 Å². The van der Waals surface area contributed by atoms with Crippen molar-refractivity contribution in [1.82, 2.24) is 0 Å². The highest BCUT2D eigenvalue weighted by atomic mass is 32.1. The Kier molecular flexibility index (Phi) is 4.15. The summed E-state index contributed by atoms with van der Waals surface area (Å²) in [7, 11) is 0. The van der Waals surface area contributed by atoms with Gasteiger partial charge in [0, 0.05) is 23.1 Å². The Labute approximate surface area is 122 Å². The molecular weight excluding hydrogens is 300 g/mol. The largest absolute Gasteiger partial charge is 0.440 e. The number of ether oxygens (including phenoxy) is 1. The first-order chi connectivity index (χ1) is 9.88. The van der Waals surface area contributed by atoms with Gasteiger partial charge in [-0.15, -0.1) is 0 Å². The Balaban J connectivity index is 2.29. The maximum Gasteiger partial charge on any atom is 0.323 e. The molecule has 1 atom stereocenters. The lowest BCUT2D eigenvalue weighted by molar-refractivity contribution is -0.385. The summed E-state index contributed by atoms with van der Waals surface area (Å²) in [5.41, 5.74) is -0.359. The number of nitrogens with zero attached hydrogens (tertiary/aromatic N) is 2. The highest BCUT2D eigenvalue weighted by Crippen LogP contribution is 2.42. The van der Waals surface area contributed by atoms with Gasteiger partial charge in [0.25, 0.3) is 10.8 Å². The molecular formula is C12H10N2O6S. The predicted octanol–water partition coefficient (Wildman–Crippen LogP) is 3.41. The Hall–Kier alpha value is -2.52. The minimum atomic E-state index is -0.845. The molecule has 1 N–H and O–H groups in total. The molecule has 2 aromatic rings. The van der Waals surface area contributed by atoms with Gasteiger partial charge in [-0.25, -0.2) is 0 Å². The van der Waals surface area contributed by atoms with Gasteiger partial charge in [0.15, 0.2) is 0 Å². The molecule has 0 fully saturated rings. The van der Waals surface area contributed by atoms with Crippen molar-refractivity contribution in [2.24, 2.45) is 0 Å². The Morgan fingerprint density at radius 2 is 1.81 bits per heavy atom. The lowest BCUT2D eigenvalue weighted by atomic mass is 10.3. The zero-order chi connectivity index (χ0) is 15.6. The standard InChI is InChI=1S/C12H10N2O6S/c1-7(15)11-6-10(14(18)19)12(21-11)20-9-4-2-8(3-5-9)13(16)17/h2-7,15H,1H3/t7-/m0/s1. The highest BCUT2D eigenvalue weighted by molar-refractivity contribution is 7.14. The molecule has 0 spiro atoms. The van der Waals surface area contributed by atoms with Gasteiger partial charge < -0.3 is 9.84 Å². The second kappa shape index (κ2) is 5.85. The van der Waals surface area contributed by atoms with E-state index in [-0.39, 0.29) is 22.2 Å². The average molecular weight is 310 g/mol. The topological polar surface area (TPSA) is 116 Å². The third-order valence-electron chi connectivity index (χ3n) is 2.57. The Bertz CT molecular complexity index is 680. The maximum atomic E-state index is 11.0. The first-order valence-corrected chi connectivity index (χ1v) is 6.58. The van der Waals surface area contributed by atoms with Gasteiger partial charge in [-0.1, -0.05) is 11.3 Å². The molecule has 0 saturated heterocycles. The molecule has 110 valence electrons. The van der Waals surface area contributed by atoms with Gasteiger partial charge >= 0.3 is 5.69 Å². The number of non-ortho nitro benzene ring substituents is 1. The first kappa shape index (κ1) is 14.9. The van der Waals surface area contributed by atoms with E-state index in [1.165, 1.54) is 37.3 Å². The normalized spacial score (nSPS) is 11.9. The van der Waals surface area contributed by atoms with Crippen molar-refractivity contribution < 1.29 is 19.7 Å². The highest BCUT2D eigenvalue weighted by Gasteiger charge is 2.23. The number of aliphatic hydroxyl groups excluding tert-OH is 1. The molecule has 0 aliphatic rings.